The van der Waals surface area contributed by atoms with Crippen LogP contribution in [0.3, 0.4) is 0 Å². The molecule has 0 fully saturated rings. The van der Waals surface area contributed by atoms with E-state index in [0.29, 0.717) is 13.2 Å². The van der Waals surface area contributed by atoms with E-state index in [0.717, 1.165) is 5.75 Å². The number of hydrogen-bond acceptors (Lipinski definition) is 2. The van der Waals surface area contributed by atoms with Gasteiger partial charge in [-0.15, -0.1) is 0 Å². The first-order valence-electron chi connectivity index (χ1n) is 4.01. The topological polar surface area (TPSA) is 18.5 Å². The monoisotopic (exact) mass is 158 g/mol. The standard InChI is InChI=1S/C9H11O2.Li/c1-10-7-8-11-9-5-3-2-4-6-9;/h2-3,5-6H,7-8H2,1H3;. The van der Waals surface area contributed by atoms with E-state index in [1.165, 1.54) is 4.24 Å². The van der Waals surface area contributed by atoms with Gasteiger partial charge in [-0.3, -0.25) is 0 Å². The first-order chi connectivity index (χ1) is 5.83. The quantitative estimate of drug-likeness (QED) is 0.469. The first-order valence-corrected chi connectivity index (χ1v) is 4.01. The predicted octanol–water partition coefficient (Wildman–Crippen LogP) is 0.506. The van der Waals surface area contributed by atoms with Crippen LogP contribution in [0.1, 0.15) is 0 Å². The van der Waals surface area contributed by atoms with E-state index in [2.05, 4.69) is 0 Å². The molecule has 0 heterocycles. The van der Waals surface area contributed by atoms with Crippen molar-refractivity contribution in [3.05, 3.63) is 24.3 Å². The van der Waals surface area contributed by atoms with Crippen molar-refractivity contribution in [3.8, 4) is 5.75 Å². The fourth-order valence-electron chi connectivity index (χ4n) is 0.948. The summed E-state index contributed by atoms with van der Waals surface area (Å²) in [6.45, 7) is 1.24. The molecular weight excluding hydrogens is 147 g/mol. The number of ether oxygens (including phenoxy) is 2. The van der Waals surface area contributed by atoms with Gasteiger partial charge in [-0.25, -0.2) is 0 Å². The van der Waals surface area contributed by atoms with Crippen LogP contribution < -0.4 is 8.97 Å². The summed E-state index contributed by atoms with van der Waals surface area (Å²) in [5.74, 6) is 0.909. The second kappa shape index (κ2) is 5.26. The van der Waals surface area contributed by atoms with E-state index < -0.39 is 0 Å². The van der Waals surface area contributed by atoms with Crippen molar-refractivity contribution in [2.75, 3.05) is 20.3 Å². The zero-order valence-electron chi connectivity index (χ0n) is 7.54. The molecule has 2 nitrogen and oxygen atoms in total. The Balaban J connectivity index is 2.41. The van der Waals surface area contributed by atoms with Crippen LogP contribution in [0.25, 0.3) is 0 Å². The molecule has 1 aromatic carbocycles. The molecule has 3 heteroatoms. The van der Waals surface area contributed by atoms with Gasteiger partial charge in [-0.2, -0.15) is 0 Å². The molecule has 0 aromatic heterocycles. The molecule has 0 unspecified atom stereocenters. The van der Waals surface area contributed by atoms with Gasteiger partial charge in [0.2, 0.25) is 0 Å². The van der Waals surface area contributed by atoms with Crippen molar-refractivity contribution in [3.63, 3.8) is 0 Å². The Morgan fingerprint density at radius 2 is 2.17 bits per heavy atom. The Morgan fingerprint density at radius 3 is 2.83 bits per heavy atom. The Morgan fingerprint density at radius 1 is 1.33 bits per heavy atom. The molecule has 60 valence electrons. The van der Waals surface area contributed by atoms with Crippen LogP contribution in [0.15, 0.2) is 24.3 Å². The summed E-state index contributed by atoms with van der Waals surface area (Å²) >= 11 is 2.04. The number of benzene rings is 1. The Labute approximate surface area is 82.1 Å². The van der Waals surface area contributed by atoms with Gasteiger partial charge in [-0.05, 0) is 0 Å². The van der Waals surface area contributed by atoms with Gasteiger partial charge in [0.15, 0.2) is 0 Å². The zero-order chi connectivity index (χ0) is 8.81. The van der Waals surface area contributed by atoms with Gasteiger partial charge in [0.25, 0.3) is 0 Å². The molecule has 0 amide bonds. The predicted molar refractivity (Wildman–Crippen MR) is 49.2 cm³/mol. The van der Waals surface area contributed by atoms with Crippen molar-refractivity contribution in [2.45, 2.75) is 0 Å². The average Bonchev–Trinajstić information content (AvgIpc) is 2.05. The molecule has 12 heavy (non-hydrogen) atoms. The van der Waals surface area contributed by atoms with Crippen molar-refractivity contribution >= 4 is 22.0 Å². The maximum atomic E-state index is 5.40. The zero-order valence-corrected chi connectivity index (χ0v) is 7.54. The van der Waals surface area contributed by atoms with Gasteiger partial charge in [0.05, 0.1) is 0 Å². The summed E-state index contributed by atoms with van der Waals surface area (Å²) in [6, 6.07) is 7.99. The molecule has 1 aromatic rings. The van der Waals surface area contributed by atoms with Crippen LogP contribution in [-0.4, -0.2) is 38.0 Å². The summed E-state index contributed by atoms with van der Waals surface area (Å²) < 4.78 is 11.5. The summed E-state index contributed by atoms with van der Waals surface area (Å²) in [5.41, 5.74) is 0. The molecule has 0 spiro atoms. The van der Waals surface area contributed by atoms with Gasteiger partial charge in [-0.1, -0.05) is 0 Å². The van der Waals surface area contributed by atoms with Gasteiger partial charge in [0.1, 0.15) is 0 Å². The molecule has 0 atom stereocenters. The summed E-state index contributed by atoms with van der Waals surface area (Å²) in [6.07, 6.45) is 0. The minimum atomic E-state index is 0.611. The molecular formula is C9H11LiO2. The van der Waals surface area contributed by atoms with Gasteiger partial charge < -0.3 is 0 Å². The van der Waals surface area contributed by atoms with E-state index in [1.54, 1.807) is 7.11 Å². The van der Waals surface area contributed by atoms with E-state index in [4.69, 9.17) is 9.47 Å². The normalized spacial score (nSPS) is 9.92. The third kappa shape index (κ3) is 3.32. The minimum absolute atomic E-state index is 0.611. The van der Waals surface area contributed by atoms with Gasteiger partial charge in [0, 0.05) is 0 Å². The average molecular weight is 158 g/mol. The Bertz CT molecular complexity index is 238. The van der Waals surface area contributed by atoms with Crippen molar-refractivity contribution < 1.29 is 9.47 Å². The third-order valence-electron chi connectivity index (χ3n) is 1.55. The number of methoxy groups -OCH3 is 1. The van der Waals surface area contributed by atoms with E-state index >= 15 is 0 Å². The molecule has 0 aliphatic heterocycles. The van der Waals surface area contributed by atoms with E-state index in [9.17, 15) is 0 Å². The summed E-state index contributed by atoms with van der Waals surface area (Å²) in [5, 5.41) is 0. The van der Waals surface area contributed by atoms with Crippen molar-refractivity contribution in [1.82, 2.24) is 0 Å². The fourth-order valence-corrected chi connectivity index (χ4v) is 0.948. The van der Waals surface area contributed by atoms with Gasteiger partial charge >= 0.3 is 81.8 Å². The Kier molecular flexibility index (Phi) is 4.24. The summed E-state index contributed by atoms with van der Waals surface area (Å²) in [4.78, 5) is 0. The van der Waals surface area contributed by atoms with E-state index in [-0.39, 0.29) is 0 Å². The van der Waals surface area contributed by atoms with Crippen LogP contribution in [-0.2, 0) is 4.74 Å². The molecule has 0 radical (unpaired) electrons. The van der Waals surface area contributed by atoms with Crippen LogP contribution in [0.2, 0.25) is 0 Å². The van der Waals surface area contributed by atoms with Crippen molar-refractivity contribution in [2.24, 2.45) is 0 Å². The molecule has 1 rings (SSSR count). The van der Waals surface area contributed by atoms with Crippen LogP contribution in [0.5, 0.6) is 5.75 Å². The third-order valence-corrected chi connectivity index (χ3v) is 1.55. The molecule has 0 bridgehead atoms. The summed E-state index contributed by atoms with van der Waals surface area (Å²) in [7, 11) is 1.67. The van der Waals surface area contributed by atoms with Crippen molar-refractivity contribution in [1.29, 1.82) is 0 Å². The molecule has 0 aliphatic carbocycles. The number of rotatable bonds is 4. The molecule has 0 N–H and O–H groups in total. The number of hydrogen-bond donors (Lipinski definition) is 0. The second-order valence-corrected chi connectivity index (χ2v) is 2.66. The van der Waals surface area contributed by atoms with Crippen LogP contribution in [0, 0.1) is 0 Å². The first kappa shape index (κ1) is 9.66. The van der Waals surface area contributed by atoms with E-state index in [1.807, 2.05) is 42.0 Å². The molecule has 0 aliphatic rings. The molecule has 0 saturated heterocycles. The molecule has 0 saturated carbocycles. The van der Waals surface area contributed by atoms with Crippen LogP contribution >= 0.6 is 0 Å². The van der Waals surface area contributed by atoms with Crippen LogP contribution in [0.4, 0.5) is 0 Å². The second-order valence-electron chi connectivity index (χ2n) is 2.66. The maximum absolute atomic E-state index is 5.40. The Hall–Kier alpha value is -0.423. The SMILES string of the molecule is [Li][c]1cccc(OCCOC)c1. The fraction of sp³-hybridized carbons (Fsp3) is 0.333.